The Kier molecular flexibility index (Phi) is 61.6. The molecule has 0 aliphatic heterocycles. The third kappa shape index (κ3) is 60.8. The highest BCUT2D eigenvalue weighted by atomic mass is 16.6. The Labute approximate surface area is 462 Å². The Morgan fingerprint density at radius 2 is 0.486 bits per heavy atom. The molecule has 0 N–H and O–H groups in total. The minimum atomic E-state index is -0.763. The molecule has 0 aliphatic rings. The number of carbonyl (C=O) groups is 3. The van der Waals surface area contributed by atoms with E-state index < -0.39 is 6.10 Å². The molecule has 74 heavy (non-hydrogen) atoms. The lowest BCUT2D eigenvalue weighted by Gasteiger charge is -2.18. The zero-order valence-electron chi connectivity index (χ0n) is 50.1. The summed E-state index contributed by atoms with van der Waals surface area (Å²) in [5.74, 6) is -0.844. The minimum absolute atomic E-state index is 0.0643. The van der Waals surface area contributed by atoms with Crippen LogP contribution in [0.5, 0.6) is 0 Å². The molecule has 0 heterocycles. The monoisotopic (exact) mass is 1040 g/mol. The molecule has 0 saturated heterocycles. The van der Waals surface area contributed by atoms with Crippen molar-refractivity contribution >= 4 is 17.9 Å². The molecule has 0 saturated carbocycles. The molecular weight excluding hydrogens is 913 g/mol. The van der Waals surface area contributed by atoms with Crippen molar-refractivity contribution in [3.8, 4) is 0 Å². The molecule has 436 valence electrons. The van der Waals surface area contributed by atoms with Gasteiger partial charge in [-0.1, -0.05) is 328 Å². The van der Waals surface area contributed by atoms with E-state index in [2.05, 4.69) is 45.1 Å². The SMILES string of the molecule is CCCCCCC/C=C\C/C=C\CCCCCCCCCCCCCCCCCCCCCC(=O)OCC(COC(=O)CCCCCCCCC)OC(=O)CCCCCCCCCCCCCCCCCCCC. The van der Waals surface area contributed by atoms with Crippen molar-refractivity contribution in [3.05, 3.63) is 24.3 Å². The number of allylic oxidation sites excluding steroid dienone is 4. The van der Waals surface area contributed by atoms with E-state index in [0.717, 1.165) is 64.2 Å². The standard InChI is InChI=1S/C68H128O6/c1-4-7-10-13-16-18-20-22-24-26-28-29-30-31-32-33-34-35-36-37-38-39-40-42-43-45-47-49-52-55-58-61-67(70)73-64-65(63-72-66(69)60-57-54-51-15-12-9-6-3)74-68(71)62-59-56-53-50-48-46-44-41-27-25-23-21-19-17-14-11-8-5-2/h20,22,26,28,65H,4-19,21,23-25,27,29-64H2,1-3H3/b22-20-,28-26-. The number of hydrogen-bond acceptors (Lipinski definition) is 6. The fraction of sp³-hybridized carbons (Fsp3) is 0.897. The summed E-state index contributed by atoms with van der Waals surface area (Å²) in [4.78, 5) is 38.1. The average molecular weight is 1040 g/mol. The summed E-state index contributed by atoms with van der Waals surface area (Å²) in [6.07, 6.45) is 76.6. The highest BCUT2D eigenvalue weighted by Crippen LogP contribution is 2.18. The lowest BCUT2D eigenvalue weighted by Crippen LogP contribution is -2.30. The fourth-order valence-electron chi connectivity index (χ4n) is 10.2. The van der Waals surface area contributed by atoms with E-state index in [4.69, 9.17) is 14.2 Å². The lowest BCUT2D eigenvalue weighted by molar-refractivity contribution is -0.167. The minimum Gasteiger partial charge on any atom is -0.462 e. The van der Waals surface area contributed by atoms with Crippen LogP contribution < -0.4 is 0 Å². The van der Waals surface area contributed by atoms with Gasteiger partial charge in [0, 0.05) is 19.3 Å². The van der Waals surface area contributed by atoms with Crippen LogP contribution in [0, 0.1) is 0 Å². The Morgan fingerprint density at radius 3 is 0.743 bits per heavy atom. The van der Waals surface area contributed by atoms with Crippen LogP contribution in [-0.4, -0.2) is 37.2 Å². The van der Waals surface area contributed by atoms with Gasteiger partial charge in [0.05, 0.1) is 0 Å². The summed E-state index contributed by atoms with van der Waals surface area (Å²) in [5, 5.41) is 0. The molecule has 1 atom stereocenters. The maximum absolute atomic E-state index is 12.8. The molecule has 6 heteroatoms. The van der Waals surface area contributed by atoms with Crippen molar-refractivity contribution in [1.29, 1.82) is 0 Å². The van der Waals surface area contributed by atoms with Crippen molar-refractivity contribution < 1.29 is 28.6 Å². The van der Waals surface area contributed by atoms with E-state index in [9.17, 15) is 14.4 Å². The molecule has 0 aromatic carbocycles. The number of unbranched alkanes of at least 4 members (excludes halogenated alkanes) is 47. The second-order valence-electron chi connectivity index (χ2n) is 22.7. The number of ether oxygens (including phenoxy) is 3. The molecule has 6 nitrogen and oxygen atoms in total. The smallest absolute Gasteiger partial charge is 0.306 e. The predicted molar refractivity (Wildman–Crippen MR) is 321 cm³/mol. The number of hydrogen-bond donors (Lipinski definition) is 0. The van der Waals surface area contributed by atoms with E-state index in [1.807, 2.05) is 0 Å². The molecule has 0 aliphatic carbocycles. The first-order valence-electron chi connectivity index (χ1n) is 33.3. The van der Waals surface area contributed by atoms with Crippen LogP contribution in [0.25, 0.3) is 0 Å². The van der Waals surface area contributed by atoms with Crippen LogP contribution in [0.2, 0.25) is 0 Å². The summed E-state index contributed by atoms with van der Waals surface area (Å²) in [5.41, 5.74) is 0. The molecule has 0 rings (SSSR count). The summed E-state index contributed by atoms with van der Waals surface area (Å²) >= 11 is 0. The van der Waals surface area contributed by atoms with Crippen LogP contribution in [0.15, 0.2) is 24.3 Å². The van der Waals surface area contributed by atoms with E-state index in [1.165, 1.54) is 270 Å². The van der Waals surface area contributed by atoms with Gasteiger partial charge < -0.3 is 14.2 Å². The second kappa shape index (κ2) is 63.4. The Bertz CT molecular complexity index is 1190. The fourth-order valence-corrected chi connectivity index (χ4v) is 10.2. The van der Waals surface area contributed by atoms with Gasteiger partial charge in [-0.25, -0.2) is 0 Å². The van der Waals surface area contributed by atoms with Crippen LogP contribution >= 0.6 is 0 Å². The van der Waals surface area contributed by atoms with Gasteiger partial charge in [-0.05, 0) is 51.4 Å². The molecule has 0 spiro atoms. The van der Waals surface area contributed by atoms with Crippen LogP contribution in [0.4, 0.5) is 0 Å². The van der Waals surface area contributed by atoms with Gasteiger partial charge in [0.2, 0.25) is 0 Å². The summed E-state index contributed by atoms with van der Waals surface area (Å²) in [6, 6.07) is 0. The van der Waals surface area contributed by atoms with Gasteiger partial charge in [-0.2, -0.15) is 0 Å². The van der Waals surface area contributed by atoms with Crippen LogP contribution in [0.1, 0.15) is 374 Å². The molecule has 0 radical (unpaired) electrons. The zero-order valence-corrected chi connectivity index (χ0v) is 50.1. The van der Waals surface area contributed by atoms with Crippen LogP contribution in [-0.2, 0) is 28.6 Å². The molecule has 0 fully saturated rings. The molecule has 1 unspecified atom stereocenters. The predicted octanol–water partition coefficient (Wildman–Crippen LogP) is 22.6. The van der Waals surface area contributed by atoms with Crippen molar-refractivity contribution in [1.82, 2.24) is 0 Å². The zero-order chi connectivity index (χ0) is 53.6. The van der Waals surface area contributed by atoms with E-state index in [-0.39, 0.29) is 31.1 Å². The third-order valence-electron chi connectivity index (χ3n) is 15.2. The topological polar surface area (TPSA) is 78.9 Å². The third-order valence-corrected chi connectivity index (χ3v) is 15.2. The molecule has 0 aromatic heterocycles. The first kappa shape index (κ1) is 71.9. The molecule has 0 bridgehead atoms. The highest BCUT2D eigenvalue weighted by Gasteiger charge is 2.19. The van der Waals surface area contributed by atoms with Crippen molar-refractivity contribution in [2.45, 2.75) is 380 Å². The van der Waals surface area contributed by atoms with E-state index >= 15 is 0 Å². The summed E-state index contributed by atoms with van der Waals surface area (Å²) in [7, 11) is 0. The number of carbonyl (C=O) groups excluding carboxylic acids is 3. The lowest BCUT2D eigenvalue weighted by atomic mass is 10.0. The maximum Gasteiger partial charge on any atom is 0.306 e. The normalized spacial score (nSPS) is 12.1. The van der Waals surface area contributed by atoms with Gasteiger partial charge in [0.15, 0.2) is 6.10 Å². The van der Waals surface area contributed by atoms with Gasteiger partial charge in [0.25, 0.3) is 0 Å². The Balaban J connectivity index is 3.98. The van der Waals surface area contributed by atoms with Crippen LogP contribution in [0.3, 0.4) is 0 Å². The summed E-state index contributed by atoms with van der Waals surface area (Å²) in [6.45, 7) is 6.65. The molecule has 0 aromatic rings. The number of rotatable bonds is 62. The highest BCUT2D eigenvalue weighted by molar-refractivity contribution is 5.71. The van der Waals surface area contributed by atoms with Crippen molar-refractivity contribution in [3.63, 3.8) is 0 Å². The number of esters is 3. The Hall–Kier alpha value is -2.11. The van der Waals surface area contributed by atoms with E-state index in [1.54, 1.807) is 0 Å². The van der Waals surface area contributed by atoms with E-state index in [0.29, 0.717) is 19.3 Å². The molecular formula is C68H128O6. The van der Waals surface area contributed by atoms with Gasteiger partial charge in [-0.15, -0.1) is 0 Å². The second-order valence-corrected chi connectivity index (χ2v) is 22.7. The largest absolute Gasteiger partial charge is 0.462 e. The first-order chi connectivity index (χ1) is 36.5. The molecule has 0 amide bonds. The van der Waals surface area contributed by atoms with Gasteiger partial charge >= 0.3 is 17.9 Å². The summed E-state index contributed by atoms with van der Waals surface area (Å²) < 4.78 is 16.9. The van der Waals surface area contributed by atoms with Crippen molar-refractivity contribution in [2.24, 2.45) is 0 Å². The first-order valence-corrected chi connectivity index (χ1v) is 33.3. The maximum atomic E-state index is 12.8. The Morgan fingerprint density at radius 1 is 0.270 bits per heavy atom. The average Bonchev–Trinajstić information content (AvgIpc) is 3.40. The van der Waals surface area contributed by atoms with Gasteiger partial charge in [0.1, 0.15) is 13.2 Å². The van der Waals surface area contributed by atoms with Crippen molar-refractivity contribution in [2.75, 3.05) is 13.2 Å². The quantitative estimate of drug-likeness (QED) is 0.0261. The van der Waals surface area contributed by atoms with Gasteiger partial charge in [-0.3, -0.25) is 14.4 Å².